The van der Waals surface area contributed by atoms with E-state index in [9.17, 15) is 13.2 Å². The second-order valence-corrected chi connectivity index (χ2v) is 8.31. The smallest absolute Gasteiger partial charge is 0.317 e. The molecule has 0 aromatic heterocycles. The van der Waals surface area contributed by atoms with Crippen LogP contribution in [-0.2, 0) is 16.4 Å². The van der Waals surface area contributed by atoms with Crippen molar-refractivity contribution >= 4 is 16.1 Å². The van der Waals surface area contributed by atoms with Crippen LogP contribution in [0, 0.1) is 0 Å². The van der Waals surface area contributed by atoms with Gasteiger partial charge in [0.2, 0.25) is 10.0 Å². The number of piperazine rings is 1. The van der Waals surface area contributed by atoms with E-state index in [4.69, 9.17) is 0 Å². The van der Waals surface area contributed by atoms with Crippen LogP contribution in [0.5, 0.6) is 0 Å². The van der Waals surface area contributed by atoms with Gasteiger partial charge in [0.25, 0.3) is 0 Å². The van der Waals surface area contributed by atoms with Gasteiger partial charge in [-0.15, -0.1) is 0 Å². The monoisotopic (exact) mass is 367 g/mol. The number of carbonyl (C=O) groups is 1. The lowest BCUT2D eigenvalue weighted by molar-refractivity contribution is 0.172. The quantitative estimate of drug-likeness (QED) is 0.805. The normalized spacial score (nSPS) is 16.0. The molecule has 0 atom stereocenters. The molecule has 1 heterocycles. The molecule has 1 fully saturated rings. The first-order valence-corrected chi connectivity index (χ1v) is 10.5. The molecule has 0 bridgehead atoms. The number of nitrogens with one attached hydrogen (secondary N) is 1. The number of urea groups is 1. The lowest BCUT2D eigenvalue weighted by Gasteiger charge is -2.34. The van der Waals surface area contributed by atoms with E-state index in [2.05, 4.69) is 12.2 Å². The molecule has 2 rings (SSSR count). The molecule has 1 aliphatic heterocycles. The summed E-state index contributed by atoms with van der Waals surface area (Å²) in [6, 6.07) is 7.08. The van der Waals surface area contributed by atoms with Crippen molar-refractivity contribution in [2.24, 2.45) is 0 Å². The Kier molecular flexibility index (Phi) is 7.25. The van der Waals surface area contributed by atoms with Crippen LogP contribution in [0.4, 0.5) is 4.79 Å². The fourth-order valence-electron chi connectivity index (χ4n) is 2.83. The Bertz CT molecular complexity index is 651. The molecule has 0 unspecified atom stereocenters. The molecule has 1 aliphatic rings. The van der Waals surface area contributed by atoms with Gasteiger partial charge in [0.1, 0.15) is 0 Å². The van der Waals surface area contributed by atoms with Crippen molar-refractivity contribution in [3.63, 3.8) is 0 Å². The van der Waals surface area contributed by atoms with Gasteiger partial charge in [-0.05, 0) is 37.0 Å². The molecule has 0 spiro atoms. The predicted molar refractivity (Wildman–Crippen MR) is 99.1 cm³/mol. The van der Waals surface area contributed by atoms with E-state index < -0.39 is 10.0 Å². The largest absolute Gasteiger partial charge is 0.338 e. The number of sulfonamides is 1. The highest BCUT2D eigenvalue weighted by atomic mass is 32.2. The van der Waals surface area contributed by atoms with Gasteiger partial charge in [-0.1, -0.05) is 32.4 Å². The first-order valence-electron chi connectivity index (χ1n) is 9.11. The maximum atomic E-state index is 12.8. The van der Waals surface area contributed by atoms with Crippen LogP contribution in [-0.4, -0.2) is 56.4 Å². The molecule has 140 valence electrons. The molecule has 1 aromatic rings. The van der Waals surface area contributed by atoms with E-state index in [1.54, 1.807) is 17.0 Å². The minimum absolute atomic E-state index is 0.112. The zero-order chi connectivity index (χ0) is 18.3. The van der Waals surface area contributed by atoms with Crippen LogP contribution in [0.25, 0.3) is 0 Å². The third-order valence-corrected chi connectivity index (χ3v) is 6.35. The Morgan fingerprint density at radius 1 is 1.04 bits per heavy atom. The molecule has 2 amide bonds. The molecule has 1 aromatic carbocycles. The van der Waals surface area contributed by atoms with E-state index in [1.165, 1.54) is 9.87 Å². The van der Waals surface area contributed by atoms with Crippen molar-refractivity contribution in [3.8, 4) is 0 Å². The van der Waals surface area contributed by atoms with Crippen LogP contribution in [0.15, 0.2) is 29.2 Å². The predicted octanol–water partition coefficient (Wildman–Crippen LogP) is 2.46. The van der Waals surface area contributed by atoms with Crippen LogP contribution in [0.1, 0.15) is 38.7 Å². The number of carbonyl (C=O) groups excluding carboxylic acids is 1. The first kappa shape index (κ1) is 19.7. The SMILES string of the molecule is CCCCc1ccc(S(=O)(=O)N2CCN(C(=O)NCCC)CC2)cc1. The van der Waals surface area contributed by atoms with Gasteiger partial charge < -0.3 is 10.2 Å². The van der Waals surface area contributed by atoms with Gasteiger partial charge >= 0.3 is 6.03 Å². The molecule has 1 saturated heterocycles. The fraction of sp³-hybridized carbons (Fsp3) is 0.611. The summed E-state index contributed by atoms with van der Waals surface area (Å²) >= 11 is 0. The molecule has 25 heavy (non-hydrogen) atoms. The van der Waals surface area contributed by atoms with Crippen molar-refractivity contribution in [3.05, 3.63) is 29.8 Å². The van der Waals surface area contributed by atoms with Gasteiger partial charge in [-0.2, -0.15) is 4.31 Å². The minimum Gasteiger partial charge on any atom is -0.338 e. The Hall–Kier alpha value is -1.60. The highest BCUT2D eigenvalue weighted by Gasteiger charge is 2.29. The highest BCUT2D eigenvalue weighted by molar-refractivity contribution is 7.89. The maximum Gasteiger partial charge on any atom is 0.317 e. The summed E-state index contributed by atoms with van der Waals surface area (Å²) < 4.78 is 27.0. The van der Waals surface area contributed by atoms with E-state index in [-0.39, 0.29) is 6.03 Å². The second-order valence-electron chi connectivity index (χ2n) is 6.37. The molecule has 7 heteroatoms. The molecular weight excluding hydrogens is 338 g/mol. The van der Waals surface area contributed by atoms with Gasteiger partial charge in [0.15, 0.2) is 0 Å². The number of aryl methyl sites for hydroxylation is 1. The van der Waals surface area contributed by atoms with Crippen molar-refractivity contribution in [1.29, 1.82) is 0 Å². The lowest BCUT2D eigenvalue weighted by Crippen LogP contribution is -2.53. The maximum absolute atomic E-state index is 12.8. The van der Waals surface area contributed by atoms with Crippen molar-refractivity contribution in [1.82, 2.24) is 14.5 Å². The third-order valence-electron chi connectivity index (χ3n) is 4.43. The zero-order valence-electron chi connectivity index (χ0n) is 15.2. The van der Waals surface area contributed by atoms with Gasteiger partial charge in [0, 0.05) is 32.7 Å². The number of hydrogen-bond donors (Lipinski definition) is 1. The fourth-order valence-corrected chi connectivity index (χ4v) is 4.26. The minimum atomic E-state index is -3.49. The molecule has 0 radical (unpaired) electrons. The van der Waals surface area contributed by atoms with Crippen molar-refractivity contribution in [2.45, 2.75) is 44.4 Å². The summed E-state index contributed by atoms with van der Waals surface area (Å²) in [5, 5.41) is 2.83. The molecule has 1 N–H and O–H groups in total. The van der Waals surface area contributed by atoms with E-state index in [1.807, 2.05) is 19.1 Å². The van der Waals surface area contributed by atoms with E-state index in [0.29, 0.717) is 37.6 Å². The second kappa shape index (κ2) is 9.20. The third kappa shape index (κ3) is 5.19. The molecule has 0 saturated carbocycles. The van der Waals surface area contributed by atoms with Gasteiger partial charge in [-0.3, -0.25) is 0 Å². The summed E-state index contributed by atoms with van der Waals surface area (Å²) in [4.78, 5) is 14.0. The number of rotatable bonds is 7. The highest BCUT2D eigenvalue weighted by Crippen LogP contribution is 2.19. The average Bonchev–Trinajstić information content (AvgIpc) is 2.64. The standard InChI is InChI=1S/C18H29N3O3S/c1-3-5-6-16-7-9-17(10-8-16)25(23,24)21-14-12-20(13-15-21)18(22)19-11-4-2/h7-10H,3-6,11-15H2,1-2H3,(H,19,22). The number of unbranched alkanes of at least 4 members (excludes halogenated alkanes) is 1. The first-order chi connectivity index (χ1) is 12.0. The van der Waals surface area contributed by atoms with Gasteiger partial charge in [-0.25, -0.2) is 13.2 Å². The van der Waals surface area contributed by atoms with Crippen LogP contribution in [0.3, 0.4) is 0 Å². The van der Waals surface area contributed by atoms with Crippen molar-refractivity contribution in [2.75, 3.05) is 32.7 Å². The van der Waals surface area contributed by atoms with E-state index >= 15 is 0 Å². The topological polar surface area (TPSA) is 69.7 Å². The number of hydrogen-bond acceptors (Lipinski definition) is 3. The number of benzene rings is 1. The van der Waals surface area contributed by atoms with Crippen LogP contribution >= 0.6 is 0 Å². The lowest BCUT2D eigenvalue weighted by atomic mass is 10.1. The van der Waals surface area contributed by atoms with Crippen LogP contribution in [0.2, 0.25) is 0 Å². The summed E-state index contributed by atoms with van der Waals surface area (Å²) in [6.07, 6.45) is 4.08. The van der Waals surface area contributed by atoms with Crippen LogP contribution < -0.4 is 5.32 Å². The zero-order valence-corrected chi connectivity index (χ0v) is 16.0. The molecular formula is C18H29N3O3S. The van der Waals surface area contributed by atoms with Crippen molar-refractivity contribution < 1.29 is 13.2 Å². The number of amides is 2. The van der Waals surface area contributed by atoms with Gasteiger partial charge in [0.05, 0.1) is 4.90 Å². The Morgan fingerprint density at radius 2 is 1.68 bits per heavy atom. The Morgan fingerprint density at radius 3 is 2.24 bits per heavy atom. The summed E-state index contributed by atoms with van der Waals surface area (Å²) in [5.74, 6) is 0. The molecule has 6 nitrogen and oxygen atoms in total. The summed E-state index contributed by atoms with van der Waals surface area (Å²) in [6.45, 7) is 6.28. The average molecular weight is 368 g/mol. The molecule has 0 aliphatic carbocycles. The Labute approximate surface area is 151 Å². The summed E-state index contributed by atoms with van der Waals surface area (Å²) in [5.41, 5.74) is 1.17. The summed E-state index contributed by atoms with van der Waals surface area (Å²) in [7, 11) is -3.49. The Balaban J connectivity index is 1.96. The van der Waals surface area contributed by atoms with E-state index in [0.717, 1.165) is 25.7 Å². The number of nitrogens with zero attached hydrogens (tertiary/aromatic N) is 2.